The molecule has 2 amide bonds. The van der Waals surface area contributed by atoms with Crippen molar-refractivity contribution in [1.29, 1.82) is 0 Å². The molecule has 1 atom stereocenters. The Hall–Kier alpha value is -2.04. The minimum atomic E-state index is -0.433. The Bertz CT molecular complexity index is 851. The molecule has 0 aromatic heterocycles. The van der Waals surface area contributed by atoms with Gasteiger partial charge in [0.1, 0.15) is 0 Å². The summed E-state index contributed by atoms with van der Waals surface area (Å²) >= 11 is 12.1. The molecule has 6 heteroatoms. The molecule has 3 rings (SSSR count). The first-order valence-electron chi connectivity index (χ1n) is 8.52. The Morgan fingerprint density at radius 1 is 1.19 bits per heavy atom. The van der Waals surface area contributed by atoms with Gasteiger partial charge in [0.2, 0.25) is 11.8 Å². The van der Waals surface area contributed by atoms with Crippen LogP contribution in [0.5, 0.6) is 0 Å². The van der Waals surface area contributed by atoms with Crippen molar-refractivity contribution < 1.29 is 9.59 Å². The molecule has 0 aliphatic carbocycles. The number of rotatable bonds is 4. The summed E-state index contributed by atoms with van der Waals surface area (Å²) in [4.78, 5) is 26.9. The van der Waals surface area contributed by atoms with Crippen LogP contribution in [0.2, 0.25) is 10.0 Å². The number of halogens is 2. The molecule has 1 aliphatic rings. The molecule has 1 N–H and O–H groups in total. The lowest BCUT2D eigenvalue weighted by atomic mass is 10.0. The Balaban J connectivity index is 1.77. The minimum absolute atomic E-state index is 0.0459. The van der Waals surface area contributed by atoms with Gasteiger partial charge in [-0.1, -0.05) is 55.2 Å². The van der Waals surface area contributed by atoms with Gasteiger partial charge >= 0.3 is 0 Å². The van der Waals surface area contributed by atoms with Crippen LogP contribution in [-0.2, 0) is 9.59 Å². The highest BCUT2D eigenvalue weighted by molar-refractivity contribution is 6.35. The van der Waals surface area contributed by atoms with Gasteiger partial charge in [-0.2, -0.15) is 0 Å². The van der Waals surface area contributed by atoms with Crippen LogP contribution in [0.1, 0.15) is 31.7 Å². The zero-order chi connectivity index (χ0) is 18.8. The van der Waals surface area contributed by atoms with Crippen LogP contribution in [0, 0.1) is 5.92 Å². The fraction of sp³-hybridized carbons (Fsp3) is 0.300. The number of carbonyl (C=O) groups is 2. The Morgan fingerprint density at radius 3 is 2.65 bits per heavy atom. The van der Waals surface area contributed by atoms with Crippen molar-refractivity contribution in [1.82, 2.24) is 0 Å². The average molecular weight is 391 g/mol. The molecule has 0 saturated carbocycles. The third kappa shape index (κ3) is 3.87. The van der Waals surface area contributed by atoms with Crippen molar-refractivity contribution in [2.45, 2.75) is 26.2 Å². The van der Waals surface area contributed by atoms with E-state index in [1.165, 1.54) is 0 Å². The van der Waals surface area contributed by atoms with E-state index in [9.17, 15) is 9.59 Å². The van der Waals surface area contributed by atoms with Gasteiger partial charge in [-0.05, 0) is 35.7 Å². The third-order valence-electron chi connectivity index (χ3n) is 4.53. The number of para-hydroxylation sites is 1. The lowest BCUT2D eigenvalue weighted by Crippen LogP contribution is -2.29. The molecule has 0 spiro atoms. The molecule has 136 valence electrons. The van der Waals surface area contributed by atoms with Gasteiger partial charge in [0, 0.05) is 23.7 Å². The monoisotopic (exact) mass is 390 g/mol. The molecule has 2 aromatic carbocycles. The quantitative estimate of drug-likeness (QED) is 0.788. The summed E-state index contributed by atoms with van der Waals surface area (Å²) in [7, 11) is 0. The Kier molecular flexibility index (Phi) is 5.54. The van der Waals surface area contributed by atoms with Gasteiger partial charge in [-0.3, -0.25) is 9.59 Å². The van der Waals surface area contributed by atoms with Crippen molar-refractivity contribution in [3.63, 3.8) is 0 Å². The molecule has 0 bridgehead atoms. The lowest BCUT2D eigenvalue weighted by Gasteiger charge is -2.22. The number of anilines is 2. The molecule has 1 aliphatic heterocycles. The van der Waals surface area contributed by atoms with Gasteiger partial charge in [0.05, 0.1) is 16.6 Å². The lowest BCUT2D eigenvalue weighted by molar-refractivity contribution is -0.122. The molecule has 2 aromatic rings. The molecule has 1 fully saturated rings. The highest BCUT2D eigenvalue weighted by Gasteiger charge is 2.36. The van der Waals surface area contributed by atoms with Gasteiger partial charge < -0.3 is 10.2 Å². The normalized spacial score (nSPS) is 17.0. The van der Waals surface area contributed by atoms with E-state index in [-0.39, 0.29) is 24.2 Å². The fourth-order valence-electron chi connectivity index (χ4n) is 3.17. The van der Waals surface area contributed by atoms with Crippen LogP contribution in [0.4, 0.5) is 11.4 Å². The van der Waals surface area contributed by atoms with Crippen LogP contribution in [0.15, 0.2) is 42.5 Å². The first-order valence-corrected chi connectivity index (χ1v) is 9.27. The molecule has 1 saturated heterocycles. The fourth-order valence-corrected chi connectivity index (χ4v) is 3.50. The maximum Gasteiger partial charge on any atom is 0.229 e. The van der Waals surface area contributed by atoms with Crippen molar-refractivity contribution in [2.24, 2.45) is 5.92 Å². The summed E-state index contributed by atoms with van der Waals surface area (Å²) in [5.41, 5.74) is 2.43. The van der Waals surface area contributed by atoms with E-state index in [1.54, 1.807) is 23.1 Å². The van der Waals surface area contributed by atoms with Crippen LogP contribution in [0.25, 0.3) is 0 Å². The van der Waals surface area contributed by atoms with E-state index in [0.717, 1.165) is 11.3 Å². The van der Waals surface area contributed by atoms with Crippen LogP contribution >= 0.6 is 23.2 Å². The van der Waals surface area contributed by atoms with E-state index >= 15 is 0 Å². The number of amides is 2. The predicted molar refractivity (Wildman–Crippen MR) is 106 cm³/mol. The van der Waals surface area contributed by atoms with Crippen LogP contribution in [-0.4, -0.2) is 18.4 Å². The van der Waals surface area contributed by atoms with Gasteiger partial charge in [-0.15, -0.1) is 0 Å². The van der Waals surface area contributed by atoms with Crippen molar-refractivity contribution >= 4 is 46.4 Å². The third-order valence-corrected chi connectivity index (χ3v) is 5.10. The van der Waals surface area contributed by atoms with E-state index in [2.05, 4.69) is 19.2 Å². The van der Waals surface area contributed by atoms with E-state index in [0.29, 0.717) is 22.3 Å². The molecule has 0 radical (unpaired) electrons. The molecular weight excluding hydrogens is 371 g/mol. The van der Waals surface area contributed by atoms with Crippen LogP contribution < -0.4 is 10.2 Å². The summed E-state index contributed by atoms with van der Waals surface area (Å²) in [6.45, 7) is 4.53. The second-order valence-corrected chi connectivity index (χ2v) is 7.58. The first kappa shape index (κ1) is 18.7. The number of hydrogen-bond acceptors (Lipinski definition) is 2. The van der Waals surface area contributed by atoms with E-state index < -0.39 is 5.92 Å². The average Bonchev–Trinajstić information content (AvgIpc) is 3.00. The molecular formula is C20H20Cl2N2O2. The van der Waals surface area contributed by atoms with E-state index in [1.807, 2.05) is 24.3 Å². The van der Waals surface area contributed by atoms with Crippen LogP contribution in [0.3, 0.4) is 0 Å². The van der Waals surface area contributed by atoms with Gasteiger partial charge in [-0.25, -0.2) is 0 Å². The molecule has 4 nitrogen and oxygen atoms in total. The van der Waals surface area contributed by atoms with E-state index in [4.69, 9.17) is 23.2 Å². The summed E-state index contributed by atoms with van der Waals surface area (Å²) in [6.07, 6.45) is 0.177. The van der Waals surface area contributed by atoms with Gasteiger partial charge in [0.15, 0.2) is 0 Å². The Labute approximate surface area is 163 Å². The SMILES string of the molecule is CC(C)c1ccccc1N1CC(C(=O)Nc2cc(Cl)ccc2Cl)CC1=O. The highest BCUT2D eigenvalue weighted by Crippen LogP contribution is 2.33. The Morgan fingerprint density at radius 2 is 1.92 bits per heavy atom. The predicted octanol–water partition coefficient (Wildman–Crippen LogP) is 5.11. The standard InChI is InChI=1S/C20H20Cl2N2O2/c1-12(2)15-5-3-4-6-18(15)24-11-13(9-19(24)25)20(26)23-17-10-14(21)7-8-16(17)22/h3-8,10,12-13H,9,11H2,1-2H3,(H,23,26). The highest BCUT2D eigenvalue weighted by atomic mass is 35.5. The number of hydrogen-bond donors (Lipinski definition) is 1. The number of benzene rings is 2. The van der Waals surface area contributed by atoms with Gasteiger partial charge in [0.25, 0.3) is 0 Å². The number of nitrogens with zero attached hydrogens (tertiary/aromatic N) is 1. The maximum atomic E-state index is 12.6. The molecule has 1 heterocycles. The smallest absolute Gasteiger partial charge is 0.229 e. The maximum absolute atomic E-state index is 12.6. The summed E-state index contributed by atoms with van der Waals surface area (Å²) in [5.74, 6) is -0.419. The summed E-state index contributed by atoms with van der Waals surface area (Å²) in [5, 5.41) is 3.69. The van der Waals surface area contributed by atoms with Crippen molar-refractivity contribution in [3.8, 4) is 0 Å². The number of carbonyl (C=O) groups excluding carboxylic acids is 2. The summed E-state index contributed by atoms with van der Waals surface area (Å²) < 4.78 is 0. The topological polar surface area (TPSA) is 49.4 Å². The molecule has 26 heavy (non-hydrogen) atoms. The minimum Gasteiger partial charge on any atom is -0.324 e. The molecule has 1 unspecified atom stereocenters. The second-order valence-electron chi connectivity index (χ2n) is 6.73. The van der Waals surface area contributed by atoms with Crippen molar-refractivity contribution in [2.75, 3.05) is 16.8 Å². The number of nitrogens with one attached hydrogen (secondary N) is 1. The summed E-state index contributed by atoms with van der Waals surface area (Å²) in [6, 6.07) is 12.7. The van der Waals surface area contributed by atoms with Crippen molar-refractivity contribution in [3.05, 3.63) is 58.1 Å². The first-order chi connectivity index (χ1) is 12.4. The zero-order valence-corrected chi connectivity index (χ0v) is 16.1. The largest absolute Gasteiger partial charge is 0.324 e. The zero-order valence-electron chi connectivity index (χ0n) is 14.6. The second kappa shape index (κ2) is 7.68.